The first-order valence-electron chi connectivity index (χ1n) is 8.19. The van der Waals surface area contributed by atoms with Crippen LogP contribution in [0.3, 0.4) is 0 Å². The van der Waals surface area contributed by atoms with Gasteiger partial charge in [-0.3, -0.25) is 4.79 Å². The molecule has 0 spiro atoms. The number of hydrogen-bond acceptors (Lipinski definition) is 2. The van der Waals surface area contributed by atoms with Crippen LogP contribution < -0.4 is 0 Å². The van der Waals surface area contributed by atoms with E-state index in [1.807, 2.05) is 0 Å². The van der Waals surface area contributed by atoms with E-state index < -0.39 is 12.0 Å². The van der Waals surface area contributed by atoms with Gasteiger partial charge in [0.1, 0.15) is 6.04 Å². The van der Waals surface area contributed by atoms with E-state index in [0.717, 1.165) is 25.7 Å². The summed E-state index contributed by atoms with van der Waals surface area (Å²) < 4.78 is 0. The van der Waals surface area contributed by atoms with Crippen molar-refractivity contribution < 1.29 is 14.7 Å². The summed E-state index contributed by atoms with van der Waals surface area (Å²) in [5.74, 6) is 0.631. The standard InChI is InChI=1S/C16H25NO3/c18-14(9-8-11-4-1-2-5-11)17-10-12-6-3-7-13(12)15(17)16(19)20/h11-13,15H,1-10H2,(H,19,20). The molecule has 1 saturated heterocycles. The molecule has 3 unspecified atom stereocenters. The highest BCUT2D eigenvalue weighted by atomic mass is 16.4. The van der Waals surface area contributed by atoms with Crippen molar-refractivity contribution in [3.8, 4) is 0 Å². The van der Waals surface area contributed by atoms with Crippen molar-refractivity contribution in [3.05, 3.63) is 0 Å². The predicted molar refractivity (Wildman–Crippen MR) is 75.2 cm³/mol. The topological polar surface area (TPSA) is 57.6 Å². The Morgan fingerprint density at radius 2 is 1.80 bits per heavy atom. The first-order chi connectivity index (χ1) is 9.66. The Balaban J connectivity index is 1.59. The van der Waals surface area contributed by atoms with Crippen LogP contribution in [0.2, 0.25) is 0 Å². The second-order valence-electron chi connectivity index (χ2n) is 6.87. The van der Waals surface area contributed by atoms with Gasteiger partial charge in [-0.2, -0.15) is 0 Å². The van der Waals surface area contributed by atoms with Crippen LogP contribution in [-0.4, -0.2) is 34.5 Å². The zero-order valence-corrected chi connectivity index (χ0v) is 12.1. The monoisotopic (exact) mass is 279 g/mol. The highest BCUT2D eigenvalue weighted by Crippen LogP contribution is 2.42. The van der Waals surface area contributed by atoms with Crippen molar-refractivity contribution in [2.45, 2.75) is 63.8 Å². The lowest BCUT2D eigenvalue weighted by Crippen LogP contribution is -2.43. The van der Waals surface area contributed by atoms with Crippen LogP contribution in [0, 0.1) is 17.8 Å². The third kappa shape index (κ3) is 2.57. The molecule has 2 saturated carbocycles. The van der Waals surface area contributed by atoms with Gasteiger partial charge >= 0.3 is 5.97 Å². The highest BCUT2D eigenvalue weighted by Gasteiger charge is 2.49. The van der Waals surface area contributed by atoms with Gasteiger partial charge in [-0.05, 0) is 37.0 Å². The zero-order chi connectivity index (χ0) is 14.1. The molecule has 1 N–H and O–H groups in total. The Bertz CT molecular complexity index is 389. The van der Waals surface area contributed by atoms with E-state index in [2.05, 4.69) is 0 Å². The van der Waals surface area contributed by atoms with E-state index in [1.54, 1.807) is 4.90 Å². The van der Waals surface area contributed by atoms with Gasteiger partial charge in [-0.1, -0.05) is 32.1 Å². The number of rotatable bonds is 4. The molecule has 1 heterocycles. The maximum absolute atomic E-state index is 12.4. The molecule has 0 aromatic heterocycles. The van der Waals surface area contributed by atoms with E-state index in [1.165, 1.54) is 25.7 Å². The SMILES string of the molecule is O=C(O)C1C2CCCC2CN1C(=O)CCC1CCCC1. The van der Waals surface area contributed by atoms with Crippen molar-refractivity contribution in [1.29, 1.82) is 0 Å². The molecule has 4 nitrogen and oxygen atoms in total. The summed E-state index contributed by atoms with van der Waals surface area (Å²) in [6.07, 6.45) is 9.81. The molecule has 112 valence electrons. The van der Waals surface area contributed by atoms with Crippen LogP contribution in [0.15, 0.2) is 0 Å². The van der Waals surface area contributed by atoms with Crippen molar-refractivity contribution in [3.63, 3.8) is 0 Å². The van der Waals surface area contributed by atoms with Gasteiger partial charge in [-0.25, -0.2) is 4.79 Å². The fourth-order valence-electron chi connectivity index (χ4n) is 4.65. The maximum Gasteiger partial charge on any atom is 0.326 e. The molecule has 0 bridgehead atoms. The first-order valence-corrected chi connectivity index (χ1v) is 8.19. The molecule has 3 atom stereocenters. The summed E-state index contributed by atoms with van der Waals surface area (Å²) in [6.45, 7) is 0.686. The number of hydrogen-bond donors (Lipinski definition) is 1. The van der Waals surface area contributed by atoms with Gasteiger partial charge in [0.2, 0.25) is 5.91 Å². The van der Waals surface area contributed by atoms with E-state index in [4.69, 9.17) is 0 Å². The van der Waals surface area contributed by atoms with Gasteiger partial charge < -0.3 is 10.0 Å². The van der Waals surface area contributed by atoms with Crippen LogP contribution in [0.25, 0.3) is 0 Å². The lowest BCUT2D eigenvalue weighted by atomic mass is 9.94. The Morgan fingerprint density at radius 1 is 1.05 bits per heavy atom. The van der Waals surface area contributed by atoms with Gasteiger partial charge in [0.05, 0.1) is 0 Å². The second-order valence-corrected chi connectivity index (χ2v) is 6.87. The van der Waals surface area contributed by atoms with Gasteiger partial charge in [0.15, 0.2) is 0 Å². The quantitative estimate of drug-likeness (QED) is 0.860. The maximum atomic E-state index is 12.4. The highest BCUT2D eigenvalue weighted by molar-refractivity contribution is 5.84. The second kappa shape index (κ2) is 5.74. The molecule has 0 radical (unpaired) electrons. The van der Waals surface area contributed by atoms with Crippen LogP contribution in [0.1, 0.15) is 57.8 Å². The van der Waals surface area contributed by atoms with E-state index >= 15 is 0 Å². The lowest BCUT2D eigenvalue weighted by molar-refractivity contribution is -0.149. The molecular weight excluding hydrogens is 254 g/mol. The average Bonchev–Trinajstić information content (AvgIpc) is 3.10. The number of nitrogens with zero attached hydrogens (tertiary/aromatic N) is 1. The van der Waals surface area contributed by atoms with Crippen LogP contribution in [0.4, 0.5) is 0 Å². The largest absolute Gasteiger partial charge is 0.480 e. The Morgan fingerprint density at radius 3 is 2.50 bits per heavy atom. The van der Waals surface area contributed by atoms with Crippen LogP contribution in [0.5, 0.6) is 0 Å². The van der Waals surface area contributed by atoms with Gasteiger partial charge in [0.25, 0.3) is 0 Å². The number of aliphatic carboxylic acids is 1. The Labute approximate surface area is 120 Å². The smallest absolute Gasteiger partial charge is 0.326 e. The molecule has 20 heavy (non-hydrogen) atoms. The van der Waals surface area contributed by atoms with Crippen molar-refractivity contribution >= 4 is 11.9 Å². The number of carboxylic acids is 1. The molecule has 1 aliphatic heterocycles. The normalized spacial score (nSPS) is 33.6. The number of amides is 1. The first kappa shape index (κ1) is 13.9. The number of likely N-dealkylation sites (tertiary alicyclic amines) is 1. The zero-order valence-electron chi connectivity index (χ0n) is 12.1. The molecule has 0 aromatic carbocycles. The Kier molecular flexibility index (Phi) is 3.99. The number of carbonyl (C=O) groups is 2. The minimum Gasteiger partial charge on any atom is -0.480 e. The summed E-state index contributed by atoms with van der Waals surface area (Å²) in [6, 6.07) is -0.543. The van der Waals surface area contributed by atoms with Crippen molar-refractivity contribution in [2.24, 2.45) is 17.8 Å². The molecule has 3 fully saturated rings. The van der Waals surface area contributed by atoms with Crippen molar-refractivity contribution in [1.82, 2.24) is 4.90 Å². The molecule has 0 aromatic rings. The van der Waals surface area contributed by atoms with Crippen LogP contribution in [-0.2, 0) is 9.59 Å². The average molecular weight is 279 g/mol. The molecule has 4 heteroatoms. The van der Waals surface area contributed by atoms with Crippen LogP contribution >= 0.6 is 0 Å². The summed E-state index contributed by atoms with van der Waals surface area (Å²) in [7, 11) is 0. The lowest BCUT2D eigenvalue weighted by Gasteiger charge is -2.25. The summed E-state index contributed by atoms with van der Waals surface area (Å²) in [5, 5.41) is 9.47. The molecule has 1 amide bonds. The third-order valence-corrected chi connectivity index (χ3v) is 5.70. The predicted octanol–water partition coefficient (Wildman–Crippen LogP) is 2.67. The molecular formula is C16H25NO3. The summed E-state index contributed by atoms with van der Waals surface area (Å²) in [5.41, 5.74) is 0. The molecule has 2 aliphatic carbocycles. The van der Waals surface area contributed by atoms with E-state index in [0.29, 0.717) is 24.8 Å². The van der Waals surface area contributed by atoms with Gasteiger partial charge in [-0.15, -0.1) is 0 Å². The fraction of sp³-hybridized carbons (Fsp3) is 0.875. The number of fused-ring (bicyclic) bond motifs is 1. The minimum atomic E-state index is -0.798. The molecule has 3 rings (SSSR count). The van der Waals surface area contributed by atoms with E-state index in [-0.39, 0.29) is 11.8 Å². The minimum absolute atomic E-state index is 0.0821. The third-order valence-electron chi connectivity index (χ3n) is 5.70. The van der Waals surface area contributed by atoms with Gasteiger partial charge in [0, 0.05) is 13.0 Å². The Hall–Kier alpha value is -1.06. The fourth-order valence-corrected chi connectivity index (χ4v) is 4.65. The molecule has 3 aliphatic rings. The van der Waals surface area contributed by atoms with E-state index in [9.17, 15) is 14.7 Å². The number of carbonyl (C=O) groups excluding carboxylic acids is 1. The van der Waals surface area contributed by atoms with Crippen molar-refractivity contribution in [2.75, 3.05) is 6.54 Å². The summed E-state index contributed by atoms with van der Waals surface area (Å²) >= 11 is 0. The number of carboxylic acid groups (broad SMARTS) is 1. The summed E-state index contributed by atoms with van der Waals surface area (Å²) in [4.78, 5) is 25.6.